The second-order valence-corrected chi connectivity index (χ2v) is 8.05. The number of carbonyl (C=O) groups excluding carboxylic acids is 2. The molecule has 29 heavy (non-hydrogen) atoms. The van der Waals surface area contributed by atoms with Crippen molar-refractivity contribution in [2.75, 3.05) is 16.4 Å². The molecular weight excluding hydrogens is 395 g/mol. The Morgan fingerprint density at radius 3 is 2.79 bits per heavy atom. The molecule has 10 heteroatoms. The van der Waals surface area contributed by atoms with Crippen LogP contribution in [0.1, 0.15) is 38.4 Å². The third-order valence-electron chi connectivity index (χ3n) is 4.58. The van der Waals surface area contributed by atoms with Gasteiger partial charge in [-0.15, -0.1) is 0 Å². The van der Waals surface area contributed by atoms with Gasteiger partial charge in [-0.3, -0.25) is 14.3 Å². The van der Waals surface area contributed by atoms with Gasteiger partial charge in [0.25, 0.3) is 11.8 Å². The number of nitrogens with two attached hydrogens (primary N) is 1. The van der Waals surface area contributed by atoms with Crippen molar-refractivity contribution >= 4 is 39.8 Å². The van der Waals surface area contributed by atoms with Crippen molar-refractivity contribution < 1.29 is 14.0 Å². The van der Waals surface area contributed by atoms with Crippen LogP contribution in [0.3, 0.4) is 0 Å². The lowest BCUT2D eigenvalue weighted by molar-refractivity contribution is 0.101. The lowest BCUT2D eigenvalue weighted by Gasteiger charge is -2.11. The molecular formula is C19H19FN6O2S. The quantitative estimate of drug-likeness (QED) is 0.573. The summed E-state index contributed by atoms with van der Waals surface area (Å²) in [5.74, 6) is -0.761. The number of hydrogen-bond donors (Lipinski definition) is 3. The van der Waals surface area contributed by atoms with E-state index in [9.17, 15) is 14.0 Å². The molecule has 4 N–H and O–H groups in total. The van der Waals surface area contributed by atoms with Crippen LogP contribution in [-0.2, 0) is 6.54 Å². The summed E-state index contributed by atoms with van der Waals surface area (Å²) in [6.07, 6.45) is 5.53. The van der Waals surface area contributed by atoms with Crippen LogP contribution >= 0.6 is 11.3 Å². The van der Waals surface area contributed by atoms with Crippen LogP contribution < -0.4 is 16.4 Å². The molecule has 0 unspecified atom stereocenters. The SMILES string of the molecule is Cc1cc(F)c(C(=O)Nc2ccn(CC3CC3)n2)cc1NC(=O)c1cnc(N)s1. The molecule has 0 aliphatic heterocycles. The fourth-order valence-electron chi connectivity index (χ4n) is 2.84. The van der Waals surface area contributed by atoms with E-state index in [0.29, 0.717) is 27.9 Å². The Kier molecular flexibility index (Phi) is 5.01. The lowest BCUT2D eigenvalue weighted by atomic mass is 10.1. The Hall–Kier alpha value is -3.27. The van der Waals surface area contributed by atoms with E-state index in [1.807, 2.05) is 0 Å². The summed E-state index contributed by atoms with van der Waals surface area (Å²) in [4.78, 5) is 29.0. The highest BCUT2D eigenvalue weighted by Crippen LogP contribution is 2.30. The largest absolute Gasteiger partial charge is 0.375 e. The molecule has 1 fully saturated rings. The molecule has 2 heterocycles. The molecule has 1 aliphatic carbocycles. The summed E-state index contributed by atoms with van der Waals surface area (Å²) in [6, 6.07) is 4.18. The number of thiazole rings is 1. The van der Waals surface area contributed by atoms with Crippen LogP contribution in [0, 0.1) is 18.7 Å². The first-order valence-corrected chi connectivity index (χ1v) is 9.88. The molecule has 1 aromatic carbocycles. The van der Waals surface area contributed by atoms with Crippen LogP contribution in [0.25, 0.3) is 0 Å². The third-order valence-corrected chi connectivity index (χ3v) is 5.40. The zero-order chi connectivity index (χ0) is 20.5. The van der Waals surface area contributed by atoms with Crippen molar-refractivity contribution in [3.63, 3.8) is 0 Å². The molecule has 0 radical (unpaired) electrons. The van der Waals surface area contributed by atoms with Gasteiger partial charge in [-0.05, 0) is 43.4 Å². The van der Waals surface area contributed by atoms with E-state index in [0.717, 1.165) is 17.9 Å². The van der Waals surface area contributed by atoms with Gasteiger partial charge >= 0.3 is 0 Å². The van der Waals surface area contributed by atoms with E-state index in [1.54, 1.807) is 23.9 Å². The van der Waals surface area contributed by atoms with Gasteiger partial charge in [0.15, 0.2) is 10.9 Å². The van der Waals surface area contributed by atoms with E-state index < -0.39 is 17.6 Å². The van der Waals surface area contributed by atoms with Crippen LogP contribution in [-0.4, -0.2) is 26.6 Å². The maximum atomic E-state index is 14.4. The fraction of sp³-hybridized carbons (Fsp3) is 0.263. The van der Waals surface area contributed by atoms with Gasteiger partial charge in [0, 0.05) is 24.5 Å². The van der Waals surface area contributed by atoms with E-state index in [2.05, 4.69) is 20.7 Å². The minimum Gasteiger partial charge on any atom is -0.375 e. The Labute approximate surface area is 169 Å². The average molecular weight is 414 g/mol. The van der Waals surface area contributed by atoms with Crippen LogP contribution in [0.2, 0.25) is 0 Å². The van der Waals surface area contributed by atoms with Crippen molar-refractivity contribution in [2.45, 2.75) is 26.3 Å². The van der Waals surface area contributed by atoms with Gasteiger partial charge in [-0.25, -0.2) is 9.37 Å². The molecule has 0 saturated heterocycles. The number of nitrogens with one attached hydrogen (secondary N) is 2. The molecule has 4 rings (SSSR count). The number of anilines is 3. The lowest BCUT2D eigenvalue weighted by Crippen LogP contribution is -2.17. The first-order chi connectivity index (χ1) is 13.9. The smallest absolute Gasteiger partial charge is 0.267 e. The number of aryl methyl sites for hydroxylation is 1. The predicted molar refractivity (Wildman–Crippen MR) is 109 cm³/mol. The zero-order valence-corrected chi connectivity index (χ0v) is 16.4. The zero-order valence-electron chi connectivity index (χ0n) is 15.6. The summed E-state index contributed by atoms with van der Waals surface area (Å²) in [7, 11) is 0. The second kappa shape index (κ2) is 7.63. The number of halogens is 1. The Bertz CT molecular complexity index is 1090. The highest BCUT2D eigenvalue weighted by atomic mass is 32.1. The number of benzene rings is 1. The van der Waals surface area contributed by atoms with Gasteiger partial charge in [0.05, 0.1) is 11.8 Å². The van der Waals surface area contributed by atoms with Gasteiger partial charge in [0.2, 0.25) is 0 Å². The summed E-state index contributed by atoms with van der Waals surface area (Å²) < 4.78 is 16.2. The molecule has 1 aliphatic rings. The van der Waals surface area contributed by atoms with E-state index in [-0.39, 0.29) is 10.7 Å². The molecule has 0 bridgehead atoms. The van der Waals surface area contributed by atoms with E-state index >= 15 is 0 Å². The topological polar surface area (TPSA) is 115 Å². The maximum Gasteiger partial charge on any atom is 0.267 e. The third kappa shape index (κ3) is 4.43. The second-order valence-electron chi connectivity index (χ2n) is 6.98. The Balaban J connectivity index is 1.50. The van der Waals surface area contributed by atoms with Gasteiger partial charge in [0.1, 0.15) is 10.7 Å². The minimum absolute atomic E-state index is 0.188. The molecule has 150 valence electrons. The standard InChI is InChI=1S/C19H19FN6O2S/c1-10-6-13(20)12(7-14(10)23-18(28)15-8-22-19(21)29-15)17(27)24-16-4-5-26(25-16)9-11-2-3-11/h4-8,11H,2-3,9H2,1H3,(H2,21,22)(H,23,28)(H,24,25,27). The first-order valence-electron chi connectivity index (χ1n) is 9.06. The fourth-order valence-corrected chi connectivity index (χ4v) is 3.42. The molecule has 2 amide bonds. The number of nitrogen functional groups attached to an aromatic ring is 1. The van der Waals surface area contributed by atoms with Gasteiger partial charge < -0.3 is 16.4 Å². The van der Waals surface area contributed by atoms with Crippen LogP contribution in [0.4, 0.5) is 21.0 Å². The highest BCUT2D eigenvalue weighted by molar-refractivity contribution is 7.17. The number of aromatic nitrogens is 3. The highest BCUT2D eigenvalue weighted by Gasteiger charge is 2.22. The Morgan fingerprint density at radius 2 is 2.10 bits per heavy atom. The minimum atomic E-state index is -0.683. The number of carbonyl (C=O) groups is 2. The van der Waals surface area contributed by atoms with E-state index in [1.165, 1.54) is 31.2 Å². The monoisotopic (exact) mass is 414 g/mol. The number of rotatable bonds is 6. The summed E-state index contributed by atoms with van der Waals surface area (Å²) in [5, 5.41) is 9.83. The molecule has 0 atom stereocenters. The Morgan fingerprint density at radius 1 is 1.31 bits per heavy atom. The summed E-state index contributed by atoms with van der Waals surface area (Å²) in [6.45, 7) is 2.45. The number of hydrogen-bond acceptors (Lipinski definition) is 6. The van der Waals surface area contributed by atoms with Crippen molar-refractivity contribution in [1.29, 1.82) is 0 Å². The van der Waals surface area contributed by atoms with Gasteiger partial charge in [-0.1, -0.05) is 11.3 Å². The van der Waals surface area contributed by atoms with Crippen LogP contribution in [0.15, 0.2) is 30.6 Å². The molecule has 0 spiro atoms. The van der Waals surface area contributed by atoms with Crippen molar-refractivity contribution in [1.82, 2.24) is 14.8 Å². The van der Waals surface area contributed by atoms with Crippen molar-refractivity contribution in [3.8, 4) is 0 Å². The van der Waals surface area contributed by atoms with Crippen molar-refractivity contribution in [2.24, 2.45) is 5.92 Å². The van der Waals surface area contributed by atoms with E-state index in [4.69, 9.17) is 5.73 Å². The number of nitrogens with zero attached hydrogens (tertiary/aromatic N) is 3. The predicted octanol–water partition coefficient (Wildman–Crippen LogP) is 3.28. The molecule has 1 saturated carbocycles. The molecule has 3 aromatic rings. The molecule has 2 aromatic heterocycles. The maximum absolute atomic E-state index is 14.4. The number of amides is 2. The van der Waals surface area contributed by atoms with Crippen molar-refractivity contribution in [3.05, 3.63) is 52.4 Å². The van der Waals surface area contributed by atoms with Crippen LogP contribution in [0.5, 0.6) is 0 Å². The first kappa shape index (κ1) is 19.1. The molecule has 8 nitrogen and oxygen atoms in total. The normalized spacial score (nSPS) is 13.3. The summed E-state index contributed by atoms with van der Waals surface area (Å²) in [5.41, 5.74) is 6.17. The van der Waals surface area contributed by atoms with Gasteiger partial charge in [-0.2, -0.15) is 5.10 Å². The summed E-state index contributed by atoms with van der Waals surface area (Å²) >= 11 is 1.04. The average Bonchev–Trinajstić information content (AvgIpc) is 3.19.